The van der Waals surface area contributed by atoms with Crippen molar-refractivity contribution < 1.29 is 48.7 Å². The van der Waals surface area contributed by atoms with Gasteiger partial charge in [0.2, 0.25) is 6.39 Å². The van der Waals surface area contributed by atoms with E-state index in [-0.39, 0.29) is 11.7 Å². The Hall–Kier alpha value is -6.71. The number of nitriles is 1. The Labute approximate surface area is 332 Å². The summed E-state index contributed by atoms with van der Waals surface area (Å²) in [5.41, 5.74) is 7.62. The summed E-state index contributed by atoms with van der Waals surface area (Å²) in [7, 11) is 3.25. The van der Waals surface area contributed by atoms with E-state index in [0.717, 1.165) is 17.4 Å². The second-order valence-corrected chi connectivity index (χ2v) is 13.9. The molecule has 1 unspecified atom stereocenters. The molecule has 57 heavy (non-hydrogen) atoms. The zero-order valence-electron chi connectivity index (χ0n) is 34.5. The van der Waals surface area contributed by atoms with Crippen molar-refractivity contribution in [3.63, 3.8) is 0 Å². The molecule has 19 heteroatoms. The van der Waals surface area contributed by atoms with Gasteiger partial charge < -0.3 is 45.0 Å². The molecule has 1 atom stereocenters. The topological polar surface area (TPSA) is 290 Å². The molecule has 0 aliphatic rings. The third-order valence-electron chi connectivity index (χ3n) is 5.49. The van der Waals surface area contributed by atoms with Gasteiger partial charge in [0.05, 0.1) is 36.8 Å². The number of amides is 1. The number of benzene rings is 1. The van der Waals surface area contributed by atoms with Gasteiger partial charge in [-0.25, -0.2) is 19.4 Å². The molecule has 19 nitrogen and oxygen atoms in total. The highest BCUT2D eigenvalue weighted by molar-refractivity contribution is 5.68. The summed E-state index contributed by atoms with van der Waals surface area (Å²) in [4.78, 5) is 50.3. The SMILES string of the molecule is CC(C#N)n1cc(-c2cnc(N)cn2)ccc1=O.CC(C)C.CC(C)C.COc1cc(CN(C)C(=O)OC(C)(C)C)ccc1-c1nnco1.O=C(O)O.O=C(O)O. The molecule has 4 rings (SSSR count). The fourth-order valence-electron chi connectivity index (χ4n) is 3.49. The first kappa shape index (κ1) is 52.4. The number of rotatable bonds is 6. The molecule has 1 amide bonds. The molecule has 0 saturated carbocycles. The number of nitrogen functional groups attached to an aromatic ring is 1. The number of methoxy groups -OCH3 is 1. The van der Waals surface area contributed by atoms with Gasteiger partial charge in [0.15, 0.2) is 0 Å². The van der Waals surface area contributed by atoms with Gasteiger partial charge in [-0.05, 0) is 63.3 Å². The Morgan fingerprint density at radius 1 is 0.947 bits per heavy atom. The molecule has 0 aliphatic heterocycles. The van der Waals surface area contributed by atoms with Crippen molar-refractivity contribution in [3.8, 4) is 34.5 Å². The molecule has 0 aliphatic carbocycles. The minimum Gasteiger partial charge on any atom is -0.496 e. The predicted octanol–water partition coefficient (Wildman–Crippen LogP) is 7.85. The van der Waals surface area contributed by atoms with Gasteiger partial charge in [0, 0.05) is 31.4 Å². The lowest BCUT2D eigenvalue weighted by atomic mass is 10.1. The molecule has 1 aromatic carbocycles. The Bertz CT molecular complexity index is 1840. The lowest BCUT2D eigenvalue weighted by Crippen LogP contribution is -2.33. The number of hydrogen-bond donors (Lipinski definition) is 5. The van der Waals surface area contributed by atoms with Crippen LogP contribution in [0.4, 0.5) is 20.2 Å². The molecule has 3 heterocycles. The highest BCUT2D eigenvalue weighted by Gasteiger charge is 2.20. The van der Waals surface area contributed by atoms with Crippen molar-refractivity contribution in [1.29, 1.82) is 5.26 Å². The Morgan fingerprint density at radius 3 is 1.91 bits per heavy atom. The van der Waals surface area contributed by atoms with E-state index in [1.165, 1.54) is 34.3 Å². The van der Waals surface area contributed by atoms with Gasteiger partial charge in [-0.3, -0.25) is 14.3 Å². The largest absolute Gasteiger partial charge is 0.503 e. The van der Waals surface area contributed by atoms with Crippen LogP contribution in [0.5, 0.6) is 5.75 Å². The fraction of sp³-hybridized carbons (Fsp3) is 0.447. The van der Waals surface area contributed by atoms with Crippen molar-refractivity contribution in [2.24, 2.45) is 11.8 Å². The Kier molecular flexibility index (Phi) is 24.8. The quantitative estimate of drug-likeness (QED) is 0.124. The number of ether oxygens (including phenoxy) is 2. The van der Waals surface area contributed by atoms with E-state index in [1.54, 1.807) is 33.3 Å². The summed E-state index contributed by atoms with van der Waals surface area (Å²) in [5, 5.41) is 44.3. The van der Waals surface area contributed by atoms with E-state index in [9.17, 15) is 9.59 Å². The predicted molar refractivity (Wildman–Crippen MR) is 213 cm³/mol. The maximum atomic E-state index is 12.0. The average Bonchev–Trinajstić information content (AvgIpc) is 3.62. The normalized spacial score (nSPS) is 10.3. The number of pyridine rings is 1. The lowest BCUT2D eigenvalue weighted by Gasteiger charge is -2.24. The lowest BCUT2D eigenvalue weighted by molar-refractivity contribution is 0.0284. The van der Waals surface area contributed by atoms with Crippen LogP contribution in [0.2, 0.25) is 0 Å². The first-order chi connectivity index (χ1) is 26.3. The van der Waals surface area contributed by atoms with Crippen molar-refractivity contribution >= 4 is 24.2 Å². The molecule has 0 fully saturated rings. The van der Waals surface area contributed by atoms with Crippen molar-refractivity contribution in [3.05, 3.63) is 71.2 Å². The average molecular weight is 801 g/mol. The van der Waals surface area contributed by atoms with Crippen molar-refractivity contribution in [1.82, 2.24) is 29.6 Å². The first-order valence-corrected chi connectivity index (χ1v) is 17.3. The van der Waals surface area contributed by atoms with Crippen LogP contribution in [0.25, 0.3) is 22.7 Å². The number of anilines is 1. The van der Waals surface area contributed by atoms with Crippen LogP contribution in [0.1, 0.15) is 80.8 Å². The second kappa shape index (κ2) is 27.0. The number of carbonyl (C=O) groups is 3. The summed E-state index contributed by atoms with van der Waals surface area (Å²) < 4.78 is 17.2. The van der Waals surface area contributed by atoms with Crippen LogP contribution in [0.3, 0.4) is 0 Å². The van der Waals surface area contributed by atoms with Gasteiger partial charge in [-0.2, -0.15) is 5.26 Å². The summed E-state index contributed by atoms with van der Waals surface area (Å²) >= 11 is 0. The van der Waals surface area contributed by atoms with Gasteiger partial charge in [-0.15, -0.1) is 10.2 Å². The third kappa shape index (κ3) is 25.9. The molecule has 0 saturated heterocycles. The molecule has 3 aromatic heterocycles. The fourth-order valence-corrected chi connectivity index (χ4v) is 3.49. The van der Waals surface area contributed by atoms with Crippen molar-refractivity contribution in [2.45, 2.75) is 87.4 Å². The van der Waals surface area contributed by atoms with E-state index >= 15 is 0 Å². The van der Waals surface area contributed by atoms with E-state index in [2.05, 4.69) is 61.7 Å². The Morgan fingerprint density at radius 2 is 1.49 bits per heavy atom. The standard InChI is InChI=1S/C16H21N3O4.C12H11N5O.2C4H10.2CH2O3/c1-16(2,3)23-15(20)19(4)9-11-6-7-12(13(8-11)21-5)14-18-17-10-22-14;1-8(4-13)17-7-9(2-3-12(17)18)10-5-16-11(14)6-15-10;2*1-4(2)3;2*2-1(3)4/h6-8,10H,9H2,1-5H3;2-3,5-8H,1H3,(H2,14,16);2*4H,1-3H3;2*(H2,2,3,4). The van der Waals surface area contributed by atoms with E-state index < -0.39 is 24.0 Å². The first-order valence-electron chi connectivity index (χ1n) is 17.3. The molecule has 0 spiro atoms. The maximum Gasteiger partial charge on any atom is 0.503 e. The smallest absolute Gasteiger partial charge is 0.496 e. The van der Waals surface area contributed by atoms with Crippen LogP contribution in [0, 0.1) is 23.2 Å². The summed E-state index contributed by atoms with van der Waals surface area (Å²) in [6.45, 7) is 20.6. The molecule has 0 radical (unpaired) electrons. The second-order valence-electron chi connectivity index (χ2n) is 13.9. The minimum absolute atomic E-state index is 0.226. The number of hydrogen-bond acceptors (Lipinski definition) is 13. The van der Waals surface area contributed by atoms with Gasteiger partial charge in [0.25, 0.3) is 11.4 Å². The van der Waals surface area contributed by atoms with Gasteiger partial charge in [0.1, 0.15) is 23.2 Å². The van der Waals surface area contributed by atoms with Gasteiger partial charge in [-0.1, -0.05) is 47.6 Å². The van der Waals surface area contributed by atoms with E-state index in [1.807, 2.05) is 45.0 Å². The van der Waals surface area contributed by atoms with E-state index in [4.69, 9.17) is 54.9 Å². The zero-order valence-corrected chi connectivity index (χ0v) is 34.5. The molecule has 314 valence electrons. The molecule has 6 N–H and O–H groups in total. The number of nitrogens with zero attached hydrogens (tertiary/aromatic N) is 7. The molecule has 4 aromatic rings. The zero-order chi connectivity index (χ0) is 44.5. The highest BCUT2D eigenvalue weighted by atomic mass is 16.6. The number of nitrogens with two attached hydrogens (primary N) is 1. The minimum atomic E-state index is -1.83. The van der Waals surface area contributed by atoms with Crippen molar-refractivity contribution in [2.75, 3.05) is 19.9 Å². The number of carboxylic acid groups (broad SMARTS) is 4. The third-order valence-corrected chi connectivity index (χ3v) is 5.49. The molecular weight excluding hydrogens is 744 g/mol. The molecule has 0 bridgehead atoms. The highest BCUT2D eigenvalue weighted by Crippen LogP contribution is 2.29. The monoisotopic (exact) mass is 800 g/mol. The van der Waals surface area contributed by atoms with Crippen LogP contribution in [-0.2, 0) is 11.3 Å². The van der Waals surface area contributed by atoms with Gasteiger partial charge >= 0.3 is 18.4 Å². The van der Waals surface area contributed by atoms with Crippen LogP contribution < -0.4 is 16.0 Å². The number of aromatic nitrogens is 5. The van der Waals surface area contributed by atoms with E-state index in [0.29, 0.717) is 40.8 Å². The van der Waals surface area contributed by atoms with Crippen LogP contribution >= 0.6 is 0 Å². The van der Waals surface area contributed by atoms with Crippen LogP contribution in [-0.4, -0.2) is 88.2 Å². The Balaban J connectivity index is 0. The molecular formula is C38H56N8O11. The summed E-state index contributed by atoms with van der Waals surface area (Å²) in [6.07, 6.45) is 1.78. The maximum absolute atomic E-state index is 12.0. The van der Waals surface area contributed by atoms with Crippen LogP contribution in [0.15, 0.2) is 64.5 Å². The summed E-state index contributed by atoms with van der Waals surface area (Å²) in [6, 6.07) is 10.1. The summed E-state index contributed by atoms with van der Waals surface area (Å²) in [5.74, 6) is 2.98. The number of carbonyl (C=O) groups excluding carboxylic acids is 1.